The van der Waals surface area contributed by atoms with E-state index in [2.05, 4.69) is 20.3 Å². The van der Waals surface area contributed by atoms with E-state index in [0.29, 0.717) is 25.2 Å². The lowest BCUT2D eigenvalue weighted by atomic mass is 9.99. The molecule has 3 heterocycles. The first kappa shape index (κ1) is 22.8. The summed E-state index contributed by atoms with van der Waals surface area (Å²) in [6, 6.07) is 13.9. The summed E-state index contributed by atoms with van der Waals surface area (Å²) in [7, 11) is -3.91. The first-order valence-electron chi connectivity index (χ1n) is 10.9. The van der Waals surface area contributed by atoms with Gasteiger partial charge >= 0.3 is 0 Å². The second kappa shape index (κ2) is 9.01. The zero-order valence-corrected chi connectivity index (χ0v) is 19.2. The molecule has 2 aromatic heterocycles. The van der Waals surface area contributed by atoms with Crippen LogP contribution >= 0.6 is 0 Å². The molecule has 1 atom stereocenters. The predicted octanol–water partition coefficient (Wildman–Crippen LogP) is 2.14. The number of rotatable bonds is 5. The summed E-state index contributed by atoms with van der Waals surface area (Å²) in [4.78, 5) is 20.0. The molecule has 0 spiro atoms. The fourth-order valence-corrected chi connectivity index (χ4v) is 5.92. The quantitative estimate of drug-likeness (QED) is 0.450. The molecule has 35 heavy (non-hydrogen) atoms. The normalized spacial score (nSPS) is 16.9. The van der Waals surface area contributed by atoms with E-state index in [4.69, 9.17) is 0 Å². The van der Waals surface area contributed by atoms with Gasteiger partial charge in [-0.15, -0.1) is 5.10 Å². The van der Waals surface area contributed by atoms with E-state index < -0.39 is 15.6 Å². The monoisotopic (exact) mass is 493 g/mol. The molecule has 10 nitrogen and oxygen atoms in total. The van der Waals surface area contributed by atoms with Crippen molar-refractivity contribution < 1.29 is 12.8 Å². The van der Waals surface area contributed by atoms with Crippen molar-refractivity contribution in [3.63, 3.8) is 0 Å². The molecule has 1 aliphatic heterocycles. The van der Waals surface area contributed by atoms with Gasteiger partial charge in [-0.3, -0.25) is 4.79 Å². The summed E-state index contributed by atoms with van der Waals surface area (Å²) in [6.45, 7) is 0.647. The minimum Gasteiger partial charge on any atom is -0.308 e. The molecule has 0 amide bonds. The molecule has 0 bridgehead atoms. The van der Waals surface area contributed by atoms with E-state index in [-0.39, 0.29) is 46.4 Å². The largest absolute Gasteiger partial charge is 0.308 e. The van der Waals surface area contributed by atoms with Crippen molar-refractivity contribution in [2.24, 2.45) is 0 Å². The number of aromatic amines is 1. The maximum Gasteiger partial charge on any atom is 0.281 e. The van der Waals surface area contributed by atoms with Gasteiger partial charge in [-0.1, -0.05) is 29.5 Å². The Balaban J connectivity index is 1.46. The molecule has 1 aliphatic rings. The van der Waals surface area contributed by atoms with Gasteiger partial charge in [0.25, 0.3) is 5.56 Å². The van der Waals surface area contributed by atoms with Gasteiger partial charge in [0.05, 0.1) is 17.0 Å². The number of nitriles is 1. The first-order valence-corrected chi connectivity index (χ1v) is 12.4. The van der Waals surface area contributed by atoms with Crippen LogP contribution in [-0.4, -0.2) is 50.8 Å². The molecule has 4 aromatic rings. The van der Waals surface area contributed by atoms with Crippen molar-refractivity contribution in [2.75, 3.05) is 13.1 Å². The van der Waals surface area contributed by atoms with Crippen LogP contribution in [0.15, 0.2) is 58.2 Å². The topological polar surface area (TPSA) is 138 Å². The third-order valence-corrected chi connectivity index (χ3v) is 7.96. The molecule has 1 unspecified atom stereocenters. The Labute approximate surface area is 199 Å². The number of sulfonamides is 1. The zero-order chi connectivity index (χ0) is 24.6. The summed E-state index contributed by atoms with van der Waals surface area (Å²) in [5.74, 6) is -0.374. The number of halogens is 1. The molecule has 0 radical (unpaired) electrons. The van der Waals surface area contributed by atoms with Gasteiger partial charge in [-0.25, -0.2) is 22.5 Å². The number of H-pyrrole nitrogens is 1. The van der Waals surface area contributed by atoms with E-state index in [1.807, 2.05) is 6.07 Å². The summed E-state index contributed by atoms with van der Waals surface area (Å²) >= 11 is 0. The van der Waals surface area contributed by atoms with Gasteiger partial charge in [0.1, 0.15) is 17.7 Å². The van der Waals surface area contributed by atoms with Gasteiger partial charge in [-0.2, -0.15) is 9.57 Å². The second-order valence-electron chi connectivity index (χ2n) is 8.31. The Morgan fingerprint density at radius 2 is 1.94 bits per heavy atom. The maximum absolute atomic E-state index is 13.3. The van der Waals surface area contributed by atoms with Crippen LogP contribution in [0.25, 0.3) is 11.2 Å². The first-order chi connectivity index (χ1) is 16.9. The fraction of sp³-hybridized carbons (Fsp3) is 0.261. The number of aromatic nitrogens is 5. The predicted molar refractivity (Wildman–Crippen MR) is 123 cm³/mol. The number of nitrogens with one attached hydrogen (secondary N) is 1. The Morgan fingerprint density at radius 3 is 2.71 bits per heavy atom. The lowest BCUT2D eigenvalue weighted by Gasteiger charge is -2.31. The summed E-state index contributed by atoms with van der Waals surface area (Å²) in [5.41, 5.74) is 0.707. The highest BCUT2D eigenvalue weighted by Crippen LogP contribution is 2.29. The SMILES string of the molecule is N#Cc1ccccc1S(=O)(=O)N1CCCC(c2nc3c(nnn3Cc3ccc(F)cc3)c(=O)[nH]2)C1. The molecule has 1 saturated heterocycles. The van der Waals surface area contributed by atoms with Crippen LogP contribution in [0.1, 0.15) is 35.7 Å². The minimum absolute atomic E-state index is 0.0402. The van der Waals surface area contributed by atoms with E-state index in [9.17, 15) is 22.9 Å². The van der Waals surface area contributed by atoms with Crippen molar-refractivity contribution in [1.82, 2.24) is 29.3 Å². The number of hydrogen-bond acceptors (Lipinski definition) is 7. The van der Waals surface area contributed by atoms with Crippen LogP contribution in [0.5, 0.6) is 0 Å². The Hall–Kier alpha value is -3.95. The smallest absolute Gasteiger partial charge is 0.281 e. The number of fused-ring (bicyclic) bond motifs is 1. The third-order valence-electron chi connectivity index (χ3n) is 6.03. The van der Waals surface area contributed by atoms with Crippen LogP contribution in [-0.2, 0) is 16.6 Å². The summed E-state index contributed by atoms with van der Waals surface area (Å²) in [6.07, 6.45) is 1.19. The van der Waals surface area contributed by atoms with Crippen molar-refractivity contribution >= 4 is 21.2 Å². The van der Waals surface area contributed by atoms with Gasteiger partial charge in [0, 0.05) is 19.0 Å². The molecule has 0 saturated carbocycles. The van der Waals surface area contributed by atoms with Crippen molar-refractivity contribution in [3.05, 3.63) is 81.7 Å². The van der Waals surface area contributed by atoms with Crippen molar-refractivity contribution in [3.8, 4) is 6.07 Å². The number of benzene rings is 2. The molecule has 5 rings (SSSR count). The molecule has 0 aliphatic carbocycles. The number of piperidine rings is 1. The van der Waals surface area contributed by atoms with E-state index in [1.165, 1.54) is 33.3 Å². The molecular weight excluding hydrogens is 473 g/mol. The Morgan fingerprint density at radius 1 is 1.17 bits per heavy atom. The lowest BCUT2D eigenvalue weighted by molar-refractivity contribution is 0.309. The van der Waals surface area contributed by atoms with Gasteiger partial charge < -0.3 is 4.98 Å². The van der Waals surface area contributed by atoms with Gasteiger partial charge in [0.2, 0.25) is 10.0 Å². The van der Waals surface area contributed by atoms with E-state index >= 15 is 0 Å². The highest BCUT2D eigenvalue weighted by atomic mass is 32.2. The molecule has 12 heteroatoms. The highest BCUT2D eigenvalue weighted by Gasteiger charge is 2.33. The standard InChI is InChI=1S/C23H20FN7O3S/c24-18-9-7-15(8-10-18)13-31-22-20(28-29-31)23(32)27-21(26-22)17-5-3-11-30(14-17)35(33,34)19-6-2-1-4-16(19)12-25/h1-2,4,6-10,17H,3,5,11,13-14H2,(H,26,27,32). The molecule has 1 N–H and O–H groups in total. The molecule has 2 aromatic carbocycles. The molecular formula is C23H20FN7O3S. The zero-order valence-electron chi connectivity index (χ0n) is 18.4. The average Bonchev–Trinajstić information content (AvgIpc) is 3.28. The van der Waals surface area contributed by atoms with Crippen LogP contribution in [0.4, 0.5) is 4.39 Å². The molecule has 1 fully saturated rings. The highest BCUT2D eigenvalue weighted by molar-refractivity contribution is 7.89. The fourth-order valence-electron chi connectivity index (χ4n) is 4.25. The molecule has 178 valence electrons. The average molecular weight is 494 g/mol. The van der Waals surface area contributed by atoms with Crippen LogP contribution < -0.4 is 5.56 Å². The van der Waals surface area contributed by atoms with Crippen LogP contribution in [0.2, 0.25) is 0 Å². The van der Waals surface area contributed by atoms with Gasteiger partial charge in [-0.05, 0) is 42.7 Å². The third kappa shape index (κ3) is 4.31. The lowest BCUT2D eigenvalue weighted by Crippen LogP contribution is -2.40. The number of hydrogen-bond donors (Lipinski definition) is 1. The second-order valence-corrected chi connectivity index (χ2v) is 10.2. The van der Waals surface area contributed by atoms with E-state index in [1.54, 1.807) is 24.3 Å². The maximum atomic E-state index is 13.3. The van der Waals surface area contributed by atoms with Crippen molar-refractivity contribution in [1.29, 1.82) is 5.26 Å². The van der Waals surface area contributed by atoms with E-state index in [0.717, 1.165) is 5.56 Å². The summed E-state index contributed by atoms with van der Waals surface area (Å²) < 4.78 is 42.6. The van der Waals surface area contributed by atoms with Crippen LogP contribution in [0.3, 0.4) is 0 Å². The Kier molecular flexibility index (Phi) is 5.88. The van der Waals surface area contributed by atoms with Gasteiger partial charge in [0.15, 0.2) is 11.2 Å². The van der Waals surface area contributed by atoms with Crippen molar-refractivity contribution in [2.45, 2.75) is 30.2 Å². The Bertz CT molecular complexity index is 1610. The number of nitrogens with zero attached hydrogens (tertiary/aromatic N) is 6. The minimum atomic E-state index is -3.91. The van der Waals surface area contributed by atoms with Crippen LogP contribution in [0, 0.1) is 17.1 Å². The summed E-state index contributed by atoms with van der Waals surface area (Å²) in [5, 5.41) is 17.3.